The molecule has 3 amide bonds. The van der Waals surface area contributed by atoms with E-state index >= 15 is 0 Å². The van der Waals surface area contributed by atoms with Gasteiger partial charge in [0.15, 0.2) is 0 Å². The van der Waals surface area contributed by atoms with E-state index < -0.39 is 5.82 Å². The van der Waals surface area contributed by atoms with Gasteiger partial charge in [0.25, 0.3) is 0 Å². The van der Waals surface area contributed by atoms with Crippen LogP contribution in [0.15, 0.2) is 24.3 Å². The van der Waals surface area contributed by atoms with E-state index in [4.69, 9.17) is 0 Å². The van der Waals surface area contributed by atoms with Crippen LogP contribution in [0, 0.1) is 11.7 Å². The SMILES string of the molecule is CCCN(C(=O)C1CCCN(C(=O)Nc2ccccc2F)C1)C1CCNC1. The molecule has 0 aromatic heterocycles. The van der Waals surface area contributed by atoms with Gasteiger partial charge in [-0.15, -0.1) is 0 Å². The number of likely N-dealkylation sites (tertiary alicyclic amines) is 1. The fourth-order valence-corrected chi connectivity index (χ4v) is 3.97. The van der Waals surface area contributed by atoms with Crippen LogP contribution in [0.5, 0.6) is 0 Å². The Balaban J connectivity index is 1.63. The van der Waals surface area contributed by atoms with Crippen molar-refractivity contribution in [3.63, 3.8) is 0 Å². The van der Waals surface area contributed by atoms with Gasteiger partial charge in [-0.2, -0.15) is 0 Å². The Kier molecular flexibility index (Phi) is 6.66. The molecule has 2 saturated heterocycles. The topological polar surface area (TPSA) is 64.7 Å². The molecule has 2 aliphatic rings. The number of anilines is 1. The number of carbonyl (C=O) groups excluding carboxylic acids is 2. The Hall–Kier alpha value is -2.15. The van der Waals surface area contributed by atoms with E-state index in [1.807, 2.05) is 4.90 Å². The molecule has 3 rings (SSSR count). The van der Waals surface area contributed by atoms with Crippen LogP contribution in [0.3, 0.4) is 0 Å². The number of piperidine rings is 1. The lowest BCUT2D eigenvalue weighted by molar-refractivity contribution is -0.139. The predicted molar refractivity (Wildman–Crippen MR) is 103 cm³/mol. The lowest BCUT2D eigenvalue weighted by Crippen LogP contribution is -2.51. The van der Waals surface area contributed by atoms with Crippen LogP contribution in [-0.2, 0) is 4.79 Å². The first-order chi connectivity index (χ1) is 13.1. The number of hydrogen-bond donors (Lipinski definition) is 2. The first-order valence-electron chi connectivity index (χ1n) is 9.91. The van der Waals surface area contributed by atoms with Crippen molar-refractivity contribution in [3.8, 4) is 0 Å². The highest BCUT2D eigenvalue weighted by Gasteiger charge is 2.34. The summed E-state index contributed by atoms with van der Waals surface area (Å²) in [5.41, 5.74) is 0.167. The van der Waals surface area contributed by atoms with Crippen molar-refractivity contribution >= 4 is 17.6 Å². The summed E-state index contributed by atoms with van der Waals surface area (Å²) in [6.07, 6.45) is 3.48. The standard InChI is InChI=1S/C20H29FN4O2/c1-2-11-25(16-9-10-22-13-16)19(26)15-6-5-12-24(14-15)20(27)23-18-8-4-3-7-17(18)21/h3-4,7-8,15-16,22H,2,5-6,9-14H2,1H3,(H,23,27). The summed E-state index contributed by atoms with van der Waals surface area (Å²) in [6.45, 7) is 5.60. The van der Waals surface area contributed by atoms with Gasteiger partial charge in [0.2, 0.25) is 5.91 Å². The Morgan fingerprint density at radius 1 is 1.33 bits per heavy atom. The maximum Gasteiger partial charge on any atom is 0.321 e. The molecular weight excluding hydrogens is 347 g/mol. The summed E-state index contributed by atoms with van der Waals surface area (Å²) in [6, 6.07) is 6.02. The number of amides is 3. The third kappa shape index (κ3) is 4.77. The zero-order chi connectivity index (χ0) is 19.2. The monoisotopic (exact) mass is 376 g/mol. The second-order valence-corrected chi connectivity index (χ2v) is 7.37. The molecule has 2 fully saturated rings. The molecule has 1 aromatic rings. The van der Waals surface area contributed by atoms with Crippen molar-refractivity contribution in [1.29, 1.82) is 0 Å². The molecule has 2 unspecified atom stereocenters. The smallest absolute Gasteiger partial charge is 0.321 e. The number of benzene rings is 1. The lowest BCUT2D eigenvalue weighted by Gasteiger charge is -2.37. The van der Waals surface area contributed by atoms with Crippen molar-refractivity contribution in [3.05, 3.63) is 30.1 Å². The third-order valence-electron chi connectivity index (χ3n) is 5.40. The van der Waals surface area contributed by atoms with E-state index in [2.05, 4.69) is 17.6 Å². The fraction of sp³-hybridized carbons (Fsp3) is 0.600. The number of urea groups is 1. The number of halogens is 1. The van der Waals surface area contributed by atoms with Gasteiger partial charge in [-0.1, -0.05) is 19.1 Å². The van der Waals surface area contributed by atoms with E-state index in [9.17, 15) is 14.0 Å². The van der Waals surface area contributed by atoms with Gasteiger partial charge >= 0.3 is 6.03 Å². The van der Waals surface area contributed by atoms with Crippen LogP contribution in [-0.4, -0.2) is 60.5 Å². The number of nitrogens with one attached hydrogen (secondary N) is 2. The quantitative estimate of drug-likeness (QED) is 0.830. The van der Waals surface area contributed by atoms with Gasteiger partial charge < -0.3 is 20.4 Å². The molecule has 0 spiro atoms. The van der Waals surface area contributed by atoms with Gasteiger partial charge in [0.05, 0.1) is 11.6 Å². The number of nitrogens with zero attached hydrogens (tertiary/aromatic N) is 2. The molecule has 0 aliphatic carbocycles. The molecule has 7 heteroatoms. The van der Waals surface area contributed by atoms with Crippen LogP contribution < -0.4 is 10.6 Å². The van der Waals surface area contributed by atoms with E-state index in [0.717, 1.165) is 45.3 Å². The predicted octanol–water partition coefficient (Wildman–Crippen LogP) is 2.67. The molecule has 2 heterocycles. The van der Waals surface area contributed by atoms with Crippen molar-refractivity contribution in [2.75, 3.05) is 38.0 Å². The van der Waals surface area contributed by atoms with Gasteiger partial charge in [-0.3, -0.25) is 4.79 Å². The van der Waals surface area contributed by atoms with Crippen LogP contribution in [0.1, 0.15) is 32.6 Å². The number of hydrogen-bond acceptors (Lipinski definition) is 3. The minimum atomic E-state index is -0.460. The van der Waals surface area contributed by atoms with Crippen LogP contribution in [0.2, 0.25) is 0 Å². The Labute approximate surface area is 160 Å². The van der Waals surface area contributed by atoms with E-state index in [-0.39, 0.29) is 29.6 Å². The maximum absolute atomic E-state index is 13.8. The molecule has 0 saturated carbocycles. The van der Waals surface area contributed by atoms with E-state index in [0.29, 0.717) is 13.1 Å². The average Bonchev–Trinajstić information content (AvgIpc) is 3.22. The molecule has 1 aromatic carbocycles. The highest BCUT2D eigenvalue weighted by Crippen LogP contribution is 2.23. The first kappa shape index (κ1) is 19.6. The second kappa shape index (κ2) is 9.17. The summed E-state index contributed by atoms with van der Waals surface area (Å²) in [7, 11) is 0. The summed E-state index contributed by atoms with van der Waals surface area (Å²) >= 11 is 0. The fourth-order valence-electron chi connectivity index (χ4n) is 3.97. The molecule has 0 bridgehead atoms. The maximum atomic E-state index is 13.8. The third-order valence-corrected chi connectivity index (χ3v) is 5.40. The van der Waals surface area contributed by atoms with Crippen molar-refractivity contribution in [2.24, 2.45) is 5.92 Å². The molecule has 148 valence electrons. The summed E-state index contributed by atoms with van der Waals surface area (Å²) in [5.74, 6) is -0.496. The van der Waals surface area contributed by atoms with E-state index in [1.165, 1.54) is 12.1 Å². The van der Waals surface area contributed by atoms with Gasteiger partial charge in [-0.25, -0.2) is 9.18 Å². The zero-order valence-corrected chi connectivity index (χ0v) is 15.9. The Morgan fingerprint density at radius 2 is 2.15 bits per heavy atom. The largest absolute Gasteiger partial charge is 0.338 e. The normalized spacial score (nSPS) is 22.5. The van der Waals surface area contributed by atoms with Gasteiger partial charge in [0.1, 0.15) is 5.82 Å². The van der Waals surface area contributed by atoms with Crippen molar-refractivity contribution in [1.82, 2.24) is 15.1 Å². The number of rotatable bonds is 5. The molecule has 2 N–H and O–H groups in total. The summed E-state index contributed by atoms with van der Waals surface area (Å²) in [4.78, 5) is 29.3. The average molecular weight is 376 g/mol. The Morgan fingerprint density at radius 3 is 2.85 bits per heavy atom. The molecule has 2 atom stereocenters. The van der Waals surface area contributed by atoms with Gasteiger partial charge in [-0.05, 0) is 44.4 Å². The highest BCUT2D eigenvalue weighted by atomic mass is 19.1. The van der Waals surface area contributed by atoms with Crippen molar-refractivity contribution < 1.29 is 14.0 Å². The first-order valence-corrected chi connectivity index (χ1v) is 9.91. The van der Waals surface area contributed by atoms with E-state index in [1.54, 1.807) is 17.0 Å². The molecule has 6 nitrogen and oxygen atoms in total. The minimum absolute atomic E-state index is 0.147. The molecule has 0 radical (unpaired) electrons. The van der Waals surface area contributed by atoms with Gasteiger partial charge in [0, 0.05) is 32.2 Å². The highest BCUT2D eigenvalue weighted by molar-refractivity contribution is 5.90. The zero-order valence-electron chi connectivity index (χ0n) is 15.9. The Bertz CT molecular complexity index is 663. The molecule has 27 heavy (non-hydrogen) atoms. The summed E-state index contributed by atoms with van der Waals surface area (Å²) < 4.78 is 13.8. The minimum Gasteiger partial charge on any atom is -0.338 e. The van der Waals surface area contributed by atoms with Crippen molar-refractivity contribution in [2.45, 2.75) is 38.6 Å². The number of carbonyl (C=O) groups is 2. The lowest BCUT2D eigenvalue weighted by atomic mass is 9.95. The molecule has 2 aliphatic heterocycles. The molecular formula is C20H29FN4O2. The summed E-state index contributed by atoms with van der Waals surface area (Å²) in [5, 5.41) is 5.95. The van der Waals surface area contributed by atoms with Crippen LogP contribution >= 0.6 is 0 Å². The van der Waals surface area contributed by atoms with Crippen LogP contribution in [0.25, 0.3) is 0 Å². The second-order valence-electron chi connectivity index (χ2n) is 7.37. The van der Waals surface area contributed by atoms with Crippen LogP contribution in [0.4, 0.5) is 14.9 Å². The number of para-hydroxylation sites is 1.